The molecule has 0 aromatic carbocycles. The van der Waals surface area contributed by atoms with Gasteiger partial charge in [0.2, 0.25) is 5.95 Å². The van der Waals surface area contributed by atoms with Gasteiger partial charge in [-0.05, 0) is 0 Å². The van der Waals surface area contributed by atoms with Crippen LogP contribution in [0.25, 0.3) is 11.2 Å². The molecule has 0 fully saturated rings. The minimum atomic E-state index is 0.0195. The van der Waals surface area contributed by atoms with Gasteiger partial charge in [-0.1, -0.05) is 11.6 Å². The number of hydrogen-bond donors (Lipinski definition) is 3. The number of nitrogen functional groups attached to an aromatic ring is 3. The molecule has 7 nitrogen and oxygen atoms in total. The molecule has 0 radical (unpaired) electrons. The normalized spacial score (nSPS) is 10.6. The Bertz CT molecular complexity index is 511. The van der Waals surface area contributed by atoms with Gasteiger partial charge >= 0.3 is 0 Å². The van der Waals surface area contributed by atoms with Crippen LogP contribution in [0, 0.1) is 0 Å². The highest BCUT2D eigenvalue weighted by Gasteiger charge is 2.09. The average Bonchev–Trinajstić information content (AvgIpc) is 2.08. The lowest BCUT2D eigenvalue weighted by Gasteiger charge is -2.02. The van der Waals surface area contributed by atoms with Crippen molar-refractivity contribution in [2.75, 3.05) is 17.2 Å². The zero-order valence-corrected chi connectivity index (χ0v) is 7.65. The van der Waals surface area contributed by atoms with E-state index in [0.717, 1.165) is 0 Å². The van der Waals surface area contributed by atoms with Gasteiger partial charge in [-0.2, -0.15) is 9.97 Å². The average molecular weight is 212 g/mol. The summed E-state index contributed by atoms with van der Waals surface area (Å²) in [5.74, 6) is 0.226. The van der Waals surface area contributed by atoms with Crippen molar-refractivity contribution >= 4 is 40.3 Å². The third-order valence-corrected chi connectivity index (χ3v) is 1.84. The van der Waals surface area contributed by atoms with E-state index in [0.29, 0.717) is 5.52 Å². The topological polar surface area (TPSA) is 130 Å². The van der Waals surface area contributed by atoms with Gasteiger partial charge in [0.25, 0.3) is 0 Å². The molecule has 0 aliphatic carbocycles. The van der Waals surface area contributed by atoms with Crippen molar-refractivity contribution < 1.29 is 0 Å². The van der Waals surface area contributed by atoms with Gasteiger partial charge in [-0.25, -0.2) is 9.97 Å². The molecule has 0 unspecified atom stereocenters. The Kier molecular flexibility index (Phi) is 1.74. The second-order valence-electron chi connectivity index (χ2n) is 2.54. The van der Waals surface area contributed by atoms with Crippen LogP contribution in [0.5, 0.6) is 0 Å². The van der Waals surface area contributed by atoms with Gasteiger partial charge in [0, 0.05) is 0 Å². The Hall–Kier alpha value is -1.89. The van der Waals surface area contributed by atoms with E-state index in [4.69, 9.17) is 28.8 Å². The summed E-state index contributed by atoms with van der Waals surface area (Å²) in [4.78, 5) is 15.3. The van der Waals surface area contributed by atoms with Crippen molar-refractivity contribution in [2.45, 2.75) is 0 Å². The van der Waals surface area contributed by atoms with Crippen molar-refractivity contribution in [1.29, 1.82) is 0 Å². The van der Waals surface area contributed by atoms with E-state index in [1.165, 1.54) is 0 Å². The zero-order valence-electron chi connectivity index (χ0n) is 6.90. The Morgan fingerprint density at radius 3 is 2.29 bits per heavy atom. The molecule has 8 heteroatoms. The number of halogens is 1. The van der Waals surface area contributed by atoms with Crippen molar-refractivity contribution in [3.63, 3.8) is 0 Å². The molecule has 0 bridgehead atoms. The summed E-state index contributed by atoms with van der Waals surface area (Å²) in [5.41, 5.74) is 16.9. The summed E-state index contributed by atoms with van der Waals surface area (Å²) in [6, 6.07) is 0. The summed E-state index contributed by atoms with van der Waals surface area (Å²) in [7, 11) is 0. The molecule has 6 N–H and O–H groups in total. The van der Waals surface area contributed by atoms with Crippen LogP contribution < -0.4 is 17.2 Å². The molecule has 0 amide bonds. The lowest BCUT2D eigenvalue weighted by atomic mass is 10.4. The van der Waals surface area contributed by atoms with Gasteiger partial charge in [0.15, 0.2) is 28.0 Å². The molecule has 14 heavy (non-hydrogen) atoms. The molecule has 0 aliphatic rings. The summed E-state index contributed by atoms with van der Waals surface area (Å²) in [5, 5.41) is 0.0672. The van der Waals surface area contributed by atoms with E-state index in [1.54, 1.807) is 0 Å². The fraction of sp³-hybridized carbons (Fsp3) is 0. The van der Waals surface area contributed by atoms with E-state index < -0.39 is 0 Å². The Morgan fingerprint density at radius 2 is 1.57 bits per heavy atom. The molecule has 2 rings (SSSR count). The molecule has 0 saturated heterocycles. The standard InChI is InChI=1S/C6H6ClN7/c7-2-4(9)12-5-1(11-2)3(8)13-6(10)14-5/h(H6,8,9,10,12,13,14). The monoisotopic (exact) mass is 211 g/mol. The minimum absolute atomic E-state index is 0.0195. The lowest BCUT2D eigenvalue weighted by Crippen LogP contribution is -2.04. The smallest absolute Gasteiger partial charge is 0.224 e. The Morgan fingerprint density at radius 1 is 0.857 bits per heavy atom. The second-order valence-corrected chi connectivity index (χ2v) is 2.90. The molecule has 2 heterocycles. The number of aromatic nitrogens is 4. The highest BCUT2D eigenvalue weighted by Crippen LogP contribution is 2.20. The lowest BCUT2D eigenvalue weighted by molar-refractivity contribution is 1.17. The maximum atomic E-state index is 5.66. The largest absolute Gasteiger partial charge is 0.382 e. The van der Waals surface area contributed by atoms with Crippen molar-refractivity contribution in [3.8, 4) is 0 Å². The van der Waals surface area contributed by atoms with Gasteiger partial charge in [-0.15, -0.1) is 0 Å². The second kappa shape index (κ2) is 2.81. The van der Waals surface area contributed by atoms with Crippen LogP contribution in [0.1, 0.15) is 0 Å². The van der Waals surface area contributed by atoms with Crippen LogP contribution in [-0.2, 0) is 0 Å². The van der Waals surface area contributed by atoms with Gasteiger partial charge in [0.05, 0.1) is 0 Å². The predicted molar refractivity (Wildman–Crippen MR) is 53.4 cm³/mol. The fourth-order valence-corrected chi connectivity index (χ4v) is 1.11. The molecule has 0 spiro atoms. The fourth-order valence-electron chi connectivity index (χ4n) is 0.978. The number of nitrogens with two attached hydrogens (primary N) is 3. The van der Waals surface area contributed by atoms with Crippen LogP contribution >= 0.6 is 11.6 Å². The predicted octanol–water partition coefficient (Wildman–Crippen LogP) is -0.180. The summed E-state index contributed by atoms with van der Waals surface area (Å²) in [6.45, 7) is 0. The van der Waals surface area contributed by atoms with E-state index in [9.17, 15) is 0 Å². The minimum Gasteiger partial charge on any atom is -0.382 e. The van der Waals surface area contributed by atoms with Gasteiger partial charge in [0.1, 0.15) is 0 Å². The van der Waals surface area contributed by atoms with Crippen molar-refractivity contribution in [3.05, 3.63) is 5.15 Å². The third kappa shape index (κ3) is 1.23. The van der Waals surface area contributed by atoms with E-state index in [-0.39, 0.29) is 28.4 Å². The van der Waals surface area contributed by atoms with Crippen molar-refractivity contribution in [2.24, 2.45) is 0 Å². The van der Waals surface area contributed by atoms with E-state index in [1.807, 2.05) is 0 Å². The molecule has 0 saturated carbocycles. The van der Waals surface area contributed by atoms with Gasteiger partial charge < -0.3 is 17.2 Å². The molecule has 72 valence electrons. The number of hydrogen-bond acceptors (Lipinski definition) is 7. The molecule has 0 atom stereocenters. The van der Waals surface area contributed by atoms with Crippen LogP contribution in [0.2, 0.25) is 5.15 Å². The first-order valence-electron chi connectivity index (χ1n) is 3.59. The van der Waals surface area contributed by atoms with E-state index in [2.05, 4.69) is 19.9 Å². The number of nitrogens with zero attached hydrogens (tertiary/aromatic N) is 4. The first kappa shape index (κ1) is 8.70. The first-order valence-corrected chi connectivity index (χ1v) is 3.97. The maximum absolute atomic E-state index is 5.66. The molecular weight excluding hydrogens is 206 g/mol. The Balaban J connectivity index is 2.89. The summed E-state index contributed by atoms with van der Waals surface area (Å²) < 4.78 is 0. The Labute approximate surface area is 83.3 Å². The zero-order chi connectivity index (χ0) is 10.3. The van der Waals surface area contributed by atoms with Crippen molar-refractivity contribution in [1.82, 2.24) is 19.9 Å². The number of rotatable bonds is 0. The van der Waals surface area contributed by atoms with E-state index >= 15 is 0 Å². The maximum Gasteiger partial charge on any atom is 0.224 e. The van der Waals surface area contributed by atoms with Crippen LogP contribution in [0.4, 0.5) is 17.6 Å². The number of anilines is 3. The molecule has 2 aromatic rings. The highest BCUT2D eigenvalue weighted by atomic mass is 35.5. The SMILES string of the molecule is Nc1nc(N)c2nc(Cl)c(N)nc2n1. The van der Waals surface area contributed by atoms with Gasteiger partial charge in [-0.3, -0.25) is 0 Å². The molecular formula is C6H6ClN7. The summed E-state index contributed by atoms with van der Waals surface area (Å²) in [6.07, 6.45) is 0. The molecule has 0 aliphatic heterocycles. The number of fused-ring (bicyclic) bond motifs is 1. The third-order valence-electron chi connectivity index (χ3n) is 1.56. The quantitative estimate of drug-likeness (QED) is 0.551. The molecule has 2 aromatic heterocycles. The van der Waals surface area contributed by atoms with Crippen LogP contribution in [0.3, 0.4) is 0 Å². The van der Waals surface area contributed by atoms with Crippen LogP contribution in [0.15, 0.2) is 0 Å². The van der Waals surface area contributed by atoms with Crippen LogP contribution in [-0.4, -0.2) is 19.9 Å². The highest BCUT2D eigenvalue weighted by molar-refractivity contribution is 6.31. The summed E-state index contributed by atoms with van der Waals surface area (Å²) >= 11 is 5.66. The first-order chi connectivity index (χ1) is 6.58.